The molecule has 0 bridgehead atoms. The maximum atomic E-state index is 12.1. The molecule has 7 heteroatoms. The van der Waals surface area contributed by atoms with Crippen molar-refractivity contribution in [1.29, 1.82) is 0 Å². The average Bonchev–Trinajstić information content (AvgIpc) is 2.85. The van der Waals surface area contributed by atoms with Crippen molar-refractivity contribution in [3.63, 3.8) is 0 Å². The summed E-state index contributed by atoms with van der Waals surface area (Å²) >= 11 is 3.25. The van der Waals surface area contributed by atoms with Crippen LogP contribution in [0.4, 0.5) is 5.69 Å². The minimum absolute atomic E-state index is 0.203. The fourth-order valence-electron chi connectivity index (χ4n) is 2.12. The Kier molecular flexibility index (Phi) is 4.83. The summed E-state index contributed by atoms with van der Waals surface area (Å²) < 4.78 is 27.4. The highest BCUT2D eigenvalue weighted by atomic mass is 79.9. The third-order valence-corrected chi connectivity index (χ3v) is 5.38. The van der Waals surface area contributed by atoms with E-state index in [1.165, 1.54) is 18.9 Å². The van der Waals surface area contributed by atoms with E-state index in [0.29, 0.717) is 16.7 Å². The largest absolute Gasteiger partial charge is 0.398 e. The van der Waals surface area contributed by atoms with Crippen LogP contribution in [-0.2, 0) is 10.0 Å². The lowest BCUT2D eigenvalue weighted by molar-refractivity contribution is 0.344. The first kappa shape index (κ1) is 14.8. The summed E-state index contributed by atoms with van der Waals surface area (Å²) in [5.74, 6) is 0. The molecule has 1 saturated heterocycles. The molecule has 0 saturated carbocycles. The van der Waals surface area contributed by atoms with E-state index in [-0.39, 0.29) is 4.90 Å². The molecule has 0 radical (unpaired) electrons. The van der Waals surface area contributed by atoms with Crippen LogP contribution in [0.2, 0.25) is 0 Å². The van der Waals surface area contributed by atoms with Gasteiger partial charge < -0.3 is 10.6 Å². The Morgan fingerprint density at radius 3 is 2.63 bits per heavy atom. The summed E-state index contributed by atoms with van der Waals surface area (Å²) in [6, 6.07) is 4.64. The SMILES string of the molecule is Nc1cc(S(=O)(=O)NCCN2CCCC2)ccc1Br. The van der Waals surface area contributed by atoms with Gasteiger partial charge in [0.1, 0.15) is 0 Å². The fraction of sp³-hybridized carbons (Fsp3) is 0.500. The van der Waals surface area contributed by atoms with E-state index in [2.05, 4.69) is 25.6 Å². The van der Waals surface area contributed by atoms with E-state index in [0.717, 1.165) is 19.6 Å². The number of rotatable bonds is 5. The molecule has 0 unspecified atom stereocenters. The first-order chi connectivity index (χ1) is 8.99. The van der Waals surface area contributed by atoms with Gasteiger partial charge in [-0.15, -0.1) is 0 Å². The Morgan fingerprint density at radius 2 is 2.00 bits per heavy atom. The molecule has 19 heavy (non-hydrogen) atoms. The maximum absolute atomic E-state index is 12.1. The van der Waals surface area contributed by atoms with Gasteiger partial charge in [-0.25, -0.2) is 13.1 Å². The Bertz CT molecular complexity index is 542. The number of sulfonamides is 1. The molecule has 106 valence electrons. The fourth-order valence-corrected chi connectivity index (χ4v) is 3.42. The van der Waals surface area contributed by atoms with E-state index in [4.69, 9.17) is 5.73 Å². The first-order valence-corrected chi connectivity index (χ1v) is 8.54. The van der Waals surface area contributed by atoms with Gasteiger partial charge in [0.05, 0.1) is 4.90 Å². The Morgan fingerprint density at radius 1 is 1.32 bits per heavy atom. The molecule has 3 N–H and O–H groups in total. The van der Waals surface area contributed by atoms with Crippen molar-refractivity contribution in [3.05, 3.63) is 22.7 Å². The minimum Gasteiger partial charge on any atom is -0.398 e. The zero-order valence-electron chi connectivity index (χ0n) is 10.6. The van der Waals surface area contributed by atoms with Crippen molar-refractivity contribution in [2.75, 3.05) is 31.9 Å². The summed E-state index contributed by atoms with van der Waals surface area (Å²) in [5, 5.41) is 0. The van der Waals surface area contributed by atoms with Gasteiger partial charge in [-0.05, 0) is 60.1 Å². The van der Waals surface area contributed by atoms with Crippen LogP contribution < -0.4 is 10.5 Å². The van der Waals surface area contributed by atoms with Crippen molar-refractivity contribution in [2.45, 2.75) is 17.7 Å². The number of nitrogens with one attached hydrogen (secondary N) is 1. The molecule has 0 aliphatic carbocycles. The van der Waals surface area contributed by atoms with Crippen molar-refractivity contribution in [1.82, 2.24) is 9.62 Å². The number of halogens is 1. The van der Waals surface area contributed by atoms with Gasteiger partial charge in [0.25, 0.3) is 0 Å². The molecule has 0 aromatic heterocycles. The second kappa shape index (κ2) is 6.21. The van der Waals surface area contributed by atoms with Gasteiger partial charge in [0.15, 0.2) is 0 Å². The van der Waals surface area contributed by atoms with Gasteiger partial charge >= 0.3 is 0 Å². The number of likely N-dealkylation sites (tertiary alicyclic amines) is 1. The summed E-state index contributed by atoms with van der Waals surface area (Å²) in [5.41, 5.74) is 6.12. The van der Waals surface area contributed by atoms with Crippen LogP contribution in [0.15, 0.2) is 27.6 Å². The van der Waals surface area contributed by atoms with Crippen LogP contribution in [0.25, 0.3) is 0 Å². The van der Waals surface area contributed by atoms with Crippen LogP contribution in [0.3, 0.4) is 0 Å². The van der Waals surface area contributed by atoms with Crippen molar-refractivity contribution in [3.8, 4) is 0 Å². The Labute approximate surface area is 122 Å². The summed E-state index contributed by atoms with van der Waals surface area (Å²) in [4.78, 5) is 2.47. The maximum Gasteiger partial charge on any atom is 0.240 e. The topological polar surface area (TPSA) is 75.4 Å². The molecule has 0 amide bonds. The van der Waals surface area contributed by atoms with Crippen molar-refractivity contribution >= 4 is 31.6 Å². The van der Waals surface area contributed by atoms with E-state index in [1.54, 1.807) is 12.1 Å². The van der Waals surface area contributed by atoms with Gasteiger partial charge in [0, 0.05) is 23.2 Å². The Balaban J connectivity index is 1.95. The number of nitrogen functional groups attached to an aromatic ring is 1. The number of benzene rings is 1. The molecule has 1 aromatic carbocycles. The van der Waals surface area contributed by atoms with Gasteiger partial charge in [-0.2, -0.15) is 0 Å². The molecule has 1 fully saturated rings. The van der Waals surface area contributed by atoms with Crippen LogP contribution in [-0.4, -0.2) is 39.5 Å². The highest BCUT2D eigenvalue weighted by Gasteiger charge is 2.16. The van der Waals surface area contributed by atoms with Crippen LogP contribution in [0.5, 0.6) is 0 Å². The lowest BCUT2D eigenvalue weighted by atomic mass is 10.3. The molecule has 1 heterocycles. The predicted molar refractivity (Wildman–Crippen MR) is 79.4 cm³/mol. The molecule has 0 spiro atoms. The van der Waals surface area contributed by atoms with E-state index < -0.39 is 10.0 Å². The first-order valence-electron chi connectivity index (χ1n) is 6.26. The number of nitrogens with two attached hydrogens (primary N) is 1. The molecule has 5 nitrogen and oxygen atoms in total. The zero-order valence-corrected chi connectivity index (χ0v) is 13.0. The molecular formula is C12H18BrN3O2S. The standard InChI is InChI=1S/C12H18BrN3O2S/c13-11-4-3-10(9-12(11)14)19(17,18)15-5-8-16-6-1-2-7-16/h3-4,9,15H,1-2,5-8,14H2. The Hall–Kier alpha value is -0.630. The monoisotopic (exact) mass is 347 g/mol. The quantitative estimate of drug-likeness (QED) is 0.789. The normalized spacial score (nSPS) is 16.9. The third-order valence-electron chi connectivity index (χ3n) is 3.20. The lowest BCUT2D eigenvalue weighted by Crippen LogP contribution is -2.33. The molecule has 0 atom stereocenters. The number of anilines is 1. The molecule has 2 rings (SSSR count). The summed E-state index contributed by atoms with van der Waals surface area (Å²) in [6.45, 7) is 3.31. The number of hydrogen-bond donors (Lipinski definition) is 2. The van der Waals surface area contributed by atoms with E-state index >= 15 is 0 Å². The van der Waals surface area contributed by atoms with E-state index in [9.17, 15) is 8.42 Å². The number of nitrogens with zero attached hydrogens (tertiary/aromatic N) is 1. The second-order valence-corrected chi connectivity index (χ2v) is 7.25. The zero-order chi connectivity index (χ0) is 13.9. The van der Waals surface area contributed by atoms with Crippen LogP contribution >= 0.6 is 15.9 Å². The minimum atomic E-state index is -3.47. The van der Waals surface area contributed by atoms with Gasteiger partial charge in [-0.1, -0.05) is 0 Å². The lowest BCUT2D eigenvalue weighted by Gasteiger charge is -2.15. The highest BCUT2D eigenvalue weighted by molar-refractivity contribution is 9.10. The van der Waals surface area contributed by atoms with Gasteiger partial charge in [0.2, 0.25) is 10.0 Å². The third kappa shape index (κ3) is 3.92. The molecule has 1 aromatic rings. The summed E-state index contributed by atoms with van der Waals surface area (Å²) in [6.07, 6.45) is 2.41. The van der Waals surface area contributed by atoms with Crippen LogP contribution in [0, 0.1) is 0 Å². The van der Waals surface area contributed by atoms with Gasteiger partial charge in [-0.3, -0.25) is 0 Å². The average molecular weight is 348 g/mol. The highest BCUT2D eigenvalue weighted by Crippen LogP contribution is 2.22. The molecule has 1 aliphatic rings. The molecule has 1 aliphatic heterocycles. The predicted octanol–water partition coefficient (Wildman–Crippen LogP) is 1.41. The summed E-state index contributed by atoms with van der Waals surface area (Å²) in [7, 11) is -3.47. The van der Waals surface area contributed by atoms with Crippen molar-refractivity contribution in [2.24, 2.45) is 0 Å². The smallest absolute Gasteiger partial charge is 0.240 e. The van der Waals surface area contributed by atoms with E-state index in [1.807, 2.05) is 0 Å². The van der Waals surface area contributed by atoms with Crippen LogP contribution in [0.1, 0.15) is 12.8 Å². The molecular weight excluding hydrogens is 330 g/mol. The number of hydrogen-bond acceptors (Lipinski definition) is 4. The second-order valence-electron chi connectivity index (χ2n) is 4.63. The van der Waals surface area contributed by atoms with Crippen molar-refractivity contribution < 1.29 is 8.42 Å².